The van der Waals surface area contributed by atoms with E-state index in [1.165, 1.54) is 6.33 Å². The van der Waals surface area contributed by atoms with Gasteiger partial charge in [0.2, 0.25) is 0 Å². The molecule has 0 atom stereocenters. The molecule has 9 heteroatoms. The monoisotopic (exact) mass is 470 g/mol. The first-order valence-electron chi connectivity index (χ1n) is 8.80. The molecular weight excluding hydrogens is 447 g/mol. The molecule has 1 saturated heterocycles. The maximum absolute atomic E-state index is 12.3. The minimum Gasteiger partial charge on any atom is -0.444 e. The molecule has 2 N–H and O–H groups in total. The Hall–Kier alpha value is -1.65. The number of carbonyl (C=O) groups excluding carboxylic acids is 1. The zero-order valence-electron chi connectivity index (χ0n) is 15.2. The van der Waals surface area contributed by atoms with Crippen LogP contribution in [0.15, 0.2) is 6.33 Å². The van der Waals surface area contributed by atoms with Gasteiger partial charge in [-0.2, -0.15) is 5.10 Å². The van der Waals surface area contributed by atoms with Crippen LogP contribution in [0, 0.1) is 9.12 Å². The van der Waals surface area contributed by atoms with Crippen LogP contribution in [0.25, 0.3) is 11.0 Å². The van der Waals surface area contributed by atoms with Gasteiger partial charge in [0.1, 0.15) is 21.4 Å². The molecule has 4 rings (SSSR count). The van der Waals surface area contributed by atoms with Crippen molar-refractivity contribution in [2.75, 3.05) is 18.8 Å². The van der Waals surface area contributed by atoms with Gasteiger partial charge in [0.15, 0.2) is 5.65 Å². The van der Waals surface area contributed by atoms with E-state index < -0.39 is 5.60 Å². The molecule has 1 amide bonds. The van der Waals surface area contributed by atoms with Crippen LogP contribution in [0.4, 0.5) is 10.6 Å². The molecule has 0 bridgehead atoms. The van der Waals surface area contributed by atoms with Crippen molar-refractivity contribution in [2.24, 2.45) is 5.41 Å². The summed E-state index contributed by atoms with van der Waals surface area (Å²) in [7, 11) is 0. The molecule has 2 fully saturated rings. The number of ether oxygens (including phenoxy) is 1. The topological polar surface area (TPSA) is 99.2 Å². The number of amides is 1. The Labute approximate surface area is 165 Å². The van der Waals surface area contributed by atoms with Crippen LogP contribution >= 0.6 is 22.6 Å². The van der Waals surface area contributed by atoms with Gasteiger partial charge in [0.25, 0.3) is 0 Å². The van der Waals surface area contributed by atoms with Crippen LogP contribution < -0.4 is 5.73 Å². The van der Waals surface area contributed by atoms with Crippen molar-refractivity contribution >= 4 is 45.5 Å². The highest BCUT2D eigenvalue weighted by Crippen LogP contribution is 2.54. The fourth-order valence-electron chi connectivity index (χ4n) is 4.07. The van der Waals surface area contributed by atoms with Gasteiger partial charge >= 0.3 is 6.09 Å². The fraction of sp³-hybridized carbons (Fsp3) is 0.647. The first-order valence-corrected chi connectivity index (χ1v) is 9.87. The number of rotatable bonds is 1. The third kappa shape index (κ3) is 2.99. The van der Waals surface area contributed by atoms with Crippen LogP contribution in [-0.4, -0.2) is 49.4 Å². The summed E-state index contributed by atoms with van der Waals surface area (Å²) in [5.74, 6) is 0.469. The highest BCUT2D eigenvalue weighted by molar-refractivity contribution is 14.1. The number of likely N-dealkylation sites (tertiary alicyclic amines) is 1. The van der Waals surface area contributed by atoms with Crippen LogP contribution in [-0.2, 0) is 4.74 Å². The summed E-state index contributed by atoms with van der Waals surface area (Å²) in [5, 5.41) is 5.47. The van der Waals surface area contributed by atoms with E-state index >= 15 is 0 Å². The standard InChI is InChI=1S/C17H23IN6O2/c1-16(2,3)26-15(25)23-5-4-17(8-23)6-10(7-17)24-14-11(12(18)22-24)13(19)20-9-21-14/h9-10H,4-8H2,1-3H3,(H2,19,20,21). The lowest BCUT2D eigenvalue weighted by Gasteiger charge is -2.45. The molecule has 3 heterocycles. The van der Waals surface area contributed by atoms with Gasteiger partial charge in [-0.25, -0.2) is 19.4 Å². The largest absolute Gasteiger partial charge is 0.444 e. The molecule has 0 radical (unpaired) electrons. The molecule has 2 aliphatic rings. The maximum Gasteiger partial charge on any atom is 0.410 e. The van der Waals surface area contributed by atoms with Crippen molar-refractivity contribution in [3.63, 3.8) is 0 Å². The molecule has 0 aromatic carbocycles. The third-order valence-corrected chi connectivity index (χ3v) is 6.00. The minimum absolute atomic E-state index is 0.170. The average Bonchev–Trinajstić information content (AvgIpc) is 3.07. The summed E-state index contributed by atoms with van der Waals surface area (Å²) in [6, 6.07) is 0.286. The van der Waals surface area contributed by atoms with E-state index in [0.29, 0.717) is 5.82 Å². The van der Waals surface area contributed by atoms with Gasteiger partial charge in [-0.15, -0.1) is 0 Å². The second-order valence-electron chi connectivity index (χ2n) is 8.41. The number of nitrogens with two attached hydrogens (primary N) is 1. The molecule has 1 saturated carbocycles. The van der Waals surface area contributed by atoms with E-state index in [1.807, 2.05) is 30.4 Å². The Bertz CT molecular complexity index is 868. The highest BCUT2D eigenvalue weighted by atomic mass is 127. The van der Waals surface area contributed by atoms with Crippen molar-refractivity contribution in [1.82, 2.24) is 24.6 Å². The first-order chi connectivity index (χ1) is 12.2. The van der Waals surface area contributed by atoms with Crippen LogP contribution in [0.1, 0.15) is 46.1 Å². The quantitative estimate of drug-likeness (QED) is 0.644. The molecule has 2 aromatic rings. The van der Waals surface area contributed by atoms with Crippen molar-refractivity contribution < 1.29 is 9.53 Å². The van der Waals surface area contributed by atoms with Crippen molar-refractivity contribution in [2.45, 2.75) is 51.7 Å². The van der Waals surface area contributed by atoms with Gasteiger partial charge in [0, 0.05) is 13.1 Å². The summed E-state index contributed by atoms with van der Waals surface area (Å²) < 4.78 is 8.32. The van der Waals surface area contributed by atoms with Gasteiger partial charge in [-0.3, -0.25) is 0 Å². The predicted octanol–water partition coefficient (Wildman–Crippen LogP) is 2.98. The Morgan fingerprint density at radius 2 is 2.12 bits per heavy atom. The second kappa shape index (κ2) is 5.93. The maximum atomic E-state index is 12.3. The molecule has 140 valence electrons. The number of nitrogens with zero attached hydrogens (tertiary/aromatic N) is 5. The summed E-state index contributed by atoms with van der Waals surface area (Å²) in [4.78, 5) is 22.6. The van der Waals surface area contributed by atoms with E-state index in [0.717, 1.165) is 47.1 Å². The number of hydrogen-bond acceptors (Lipinski definition) is 6. The number of halogens is 1. The molecular formula is C17H23IN6O2. The van der Waals surface area contributed by atoms with Gasteiger partial charge in [0.05, 0.1) is 11.4 Å². The molecule has 26 heavy (non-hydrogen) atoms. The Kier molecular flexibility index (Phi) is 4.05. The Balaban J connectivity index is 1.47. The lowest BCUT2D eigenvalue weighted by atomic mass is 9.65. The van der Waals surface area contributed by atoms with Crippen LogP contribution in [0.3, 0.4) is 0 Å². The summed E-state index contributed by atoms with van der Waals surface area (Å²) in [6.07, 6.45) is 4.26. The normalized spacial score (nSPS) is 25.7. The smallest absolute Gasteiger partial charge is 0.410 e. The lowest BCUT2D eigenvalue weighted by molar-refractivity contribution is 0.0189. The fourth-order valence-corrected chi connectivity index (χ4v) is 4.82. The third-order valence-electron chi connectivity index (χ3n) is 5.25. The van der Waals surface area contributed by atoms with Gasteiger partial charge < -0.3 is 15.4 Å². The van der Waals surface area contributed by atoms with Crippen molar-refractivity contribution in [1.29, 1.82) is 0 Å². The molecule has 1 spiro atoms. The first kappa shape index (κ1) is 17.7. The van der Waals surface area contributed by atoms with E-state index in [1.54, 1.807) is 0 Å². The van der Waals surface area contributed by atoms with Crippen molar-refractivity contribution in [3.05, 3.63) is 10.0 Å². The number of anilines is 1. The van der Waals surface area contributed by atoms with Crippen LogP contribution in [0.2, 0.25) is 0 Å². The predicted molar refractivity (Wildman–Crippen MR) is 106 cm³/mol. The zero-order chi connectivity index (χ0) is 18.7. The second-order valence-corrected chi connectivity index (χ2v) is 9.43. The Morgan fingerprint density at radius 3 is 2.81 bits per heavy atom. The lowest BCUT2D eigenvalue weighted by Crippen LogP contribution is -2.43. The minimum atomic E-state index is -0.459. The van der Waals surface area contributed by atoms with E-state index in [2.05, 4.69) is 37.7 Å². The van der Waals surface area contributed by atoms with Gasteiger partial charge in [-0.05, 0) is 68.0 Å². The highest BCUT2D eigenvalue weighted by Gasteiger charge is 2.51. The van der Waals surface area contributed by atoms with E-state index in [-0.39, 0.29) is 17.6 Å². The van der Waals surface area contributed by atoms with E-state index in [4.69, 9.17) is 10.5 Å². The van der Waals surface area contributed by atoms with Gasteiger partial charge in [-0.1, -0.05) is 0 Å². The average molecular weight is 470 g/mol. The SMILES string of the molecule is CC(C)(C)OC(=O)N1CCC2(CC(n3nc(I)c4c(N)ncnc43)C2)C1. The Morgan fingerprint density at radius 1 is 1.38 bits per heavy atom. The van der Waals surface area contributed by atoms with Crippen LogP contribution in [0.5, 0.6) is 0 Å². The number of carbonyl (C=O) groups is 1. The summed E-state index contributed by atoms with van der Waals surface area (Å²) in [5.41, 5.74) is 6.49. The molecule has 1 aliphatic heterocycles. The summed E-state index contributed by atoms with van der Waals surface area (Å²) >= 11 is 2.18. The number of aromatic nitrogens is 4. The summed E-state index contributed by atoms with van der Waals surface area (Å²) in [6.45, 7) is 7.20. The number of nitrogen functional groups attached to an aromatic ring is 1. The number of fused-ring (bicyclic) bond motifs is 1. The van der Waals surface area contributed by atoms with E-state index in [9.17, 15) is 4.79 Å². The van der Waals surface area contributed by atoms with Crippen molar-refractivity contribution in [3.8, 4) is 0 Å². The molecule has 8 nitrogen and oxygen atoms in total. The zero-order valence-corrected chi connectivity index (χ0v) is 17.4. The number of hydrogen-bond donors (Lipinski definition) is 1. The molecule has 1 aliphatic carbocycles. The molecule has 2 aromatic heterocycles. The molecule has 0 unspecified atom stereocenters.